The number of benzene rings is 2. The quantitative estimate of drug-likeness (QED) is 0.711. The third-order valence-corrected chi connectivity index (χ3v) is 3.74. The first-order chi connectivity index (χ1) is 12.5. The van der Waals surface area contributed by atoms with E-state index in [9.17, 15) is 9.59 Å². The molecule has 0 saturated heterocycles. The van der Waals surface area contributed by atoms with Gasteiger partial charge < -0.3 is 20.3 Å². The van der Waals surface area contributed by atoms with Crippen molar-refractivity contribution < 1.29 is 14.3 Å². The van der Waals surface area contributed by atoms with Crippen molar-refractivity contribution in [1.29, 1.82) is 0 Å². The maximum absolute atomic E-state index is 12.0. The summed E-state index contributed by atoms with van der Waals surface area (Å²) in [6.07, 6.45) is 0.342. The van der Waals surface area contributed by atoms with Crippen LogP contribution in [0.3, 0.4) is 0 Å². The Bertz CT molecular complexity index is 725. The molecule has 1 amide bonds. The van der Waals surface area contributed by atoms with Gasteiger partial charge in [-0.3, -0.25) is 4.79 Å². The minimum absolute atomic E-state index is 0.0914. The molecule has 0 aliphatic heterocycles. The van der Waals surface area contributed by atoms with Gasteiger partial charge in [-0.15, -0.1) is 0 Å². The summed E-state index contributed by atoms with van der Waals surface area (Å²) in [5, 5.41) is 6.04. The van der Waals surface area contributed by atoms with Crippen molar-refractivity contribution in [1.82, 2.24) is 0 Å². The van der Waals surface area contributed by atoms with Crippen LogP contribution in [0.2, 0.25) is 0 Å². The molecule has 0 aliphatic carbocycles. The molecule has 0 aliphatic rings. The molecule has 2 aromatic rings. The molecule has 0 bridgehead atoms. The van der Waals surface area contributed by atoms with Gasteiger partial charge in [0.05, 0.1) is 12.2 Å². The van der Waals surface area contributed by atoms with E-state index in [1.54, 1.807) is 31.2 Å². The fraction of sp³-hybridized carbons (Fsp3) is 0.300. The Kier molecular flexibility index (Phi) is 7.02. The van der Waals surface area contributed by atoms with Crippen LogP contribution in [-0.2, 0) is 9.53 Å². The fourth-order valence-corrected chi connectivity index (χ4v) is 2.33. The topological polar surface area (TPSA) is 70.7 Å². The van der Waals surface area contributed by atoms with Gasteiger partial charge in [-0.2, -0.15) is 0 Å². The molecule has 0 heterocycles. The van der Waals surface area contributed by atoms with Crippen LogP contribution < -0.4 is 15.5 Å². The van der Waals surface area contributed by atoms with Crippen molar-refractivity contribution >= 4 is 28.9 Å². The molecule has 0 atom stereocenters. The highest BCUT2D eigenvalue weighted by Gasteiger charge is 2.07. The summed E-state index contributed by atoms with van der Waals surface area (Å²) in [5.74, 6) is -0.457. The van der Waals surface area contributed by atoms with Crippen molar-refractivity contribution in [3.8, 4) is 0 Å². The second-order valence-electron chi connectivity index (χ2n) is 5.96. The molecule has 2 aromatic carbocycles. The molecule has 0 aromatic heterocycles. The summed E-state index contributed by atoms with van der Waals surface area (Å²) >= 11 is 0. The molecule has 2 N–H and O–H groups in total. The molecule has 0 unspecified atom stereocenters. The smallest absolute Gasteiger partial charge is 0.338 e. The molecule has 0 spiro atoms. The SMILES string of the molecule is CCOC(=O)c1ccc(NC(=O)CCNc2ccc(N(C)C)cc2)cc1. The van der Waals surface area contributed by atoms with Crippen molar-refractivity contribution in [2.75, 3.05) is 42.8 Å². The summed E-state index contributed by atoms with van der Waals surface area (Å²) in [7, 11) is 3.98. The number of rotatable bonds is 8. The predicted molar refractivity (Wildman–Crippen MR) is 105 cm³/mol. The van der Waals surface area contributed by atoms with Crippen molar-refractivity contribution in [2.45, 2.75) is 13.3 Å². The van der Waals surface area contributed by atoms with Crippen LogP contribution in [0.25, 0.3) is 0 Å². The zero-order valence-corrected chi connectivity index (χ0v) is 15.4. The number of carbonyl (C=O) groups excluding carboxylic acids is 2. The van der Waals surface area contributed by atoms with Gasteiger partial charge in [-0.25, -0.2) is 4.79 Å². The zero-order chi connectivity index (χ0) is 18.9. The third-order valence-electron chi connectivity index (χ3n) is 3.74. The Morgan fingerprint density at radius 1 is 0.962 bits per heavy atom. The minimum atomic E-state index is -0.366. The van der Waals surface area contributed by atoms with E-state index in [-0.39, 0.29) is 11.9 Å². The molecule has 138 valence electrons. The highest BCUT2D eigenvalue weighted by Crippen LogP contribution is 2.15. The average Bonchev–Trinajstić information content (AvgIpc) is 2.63. The van der Waals surface area contributed by atoms with Gasteiger partial charge >= 0.3 is 5.97 Å². The number of nitrogens with zero attached hydrogens (tertiary/aromatic N) is 1. The van der Waals surface area contributed by atoms with E-state index in [0.717, 1.165) is 11.4 Å². The van der Waals surface area contributed by atoms with Gasteiger partial charge in [-0.1, -0.05) is 0 Å². The molecule has 0 fully saturated rings. The van der Waals surface area contributed by atoms with Gasteiger partial charge in [0.25, 0.3) is 0 Å². The molecule has 6 nitrogen and oxygen atoms in total. The second kappa shape index (κ2) is 9.46. The Hall–Kier alpha value is -3.02. The molecule has 2 rings (SSSR count). The normalized spacial score (nSPS) is 10.1. The summed E-state index contributed by atoms with van der Waals surface area (Å²) in [4.78, 5) is 25.6. The van der Waals surface area contributed by atoms with E-state index in [1.165, 1.54) is 0 Å². The van der Waals surface area contributed by atoms with Crippen LogP contribution in [0.5, 0.6) is 0 Å². The second-order valence-corrected chi connectivity index (χ2v) is 5.96. The number of ether oxygens (including phenoxy) is 1. The molecule has 26 heavy (non-hydrogen) atoms. The number of hydrogen-bond acceptors (Lipinski definition) is 5. The molecular weight excluding hydrogens is 330 g/mol. The van der Waals surface area contributed by atoms with Crippen LogP contribution in [0.4, 0.5) is 17.1 Å². The Morgan fingerprint density at radius 2 is 1.58 bits per heavy atom. The number of anilines is 3. The molecule has 6 heteroatoms. The standard InChI is InChI=1S/C20H25N3O3/c1-4-26-20(25)15-5-7-17(8-6-15)22-19(24)13-14-21-16-9-11-18(12-10-16)23(2)3/h5-12,21H,4,13-14H2,1-3H3,(H,22,24). The number of amides is 1. The van der Waals surface area contributed by atoms with Crippen molar-refractivity contribution in [3.05, 3.63) is 54.1 Å². The largest absolute Gasteiger partial charge is 0.462 e. The zero-order valence-electron chi connectivity index (χ0n) is 15.4. The van der Waals surface area contributed by atoms with E-state index in [4.69, 9.17) is 4.74 Å². The lowest BCUT2D eigenvalue weighted by molar-refractivity contribution is -0.115. The Morgan fingerprint density at radius 3 is 2.15 bits per heavy atom. The van der Waals surface area contributed by atoms with Crippen LogP contribution in [0, 0.1) is 0 Å². The maximum Gasteiger partial charge on any atom is 0.338 e. The molecule has 0 saturated carbocycles. The average molecular weight is 355 g/mol. The van der Waals surface area contributed by atoms with E-state index >= 15 is 0 Å². The predicted octanol–water partition coefficient (Wildman–Crippen LogP) is 3.37. The van der Waals surface area contributed by atoms with Gasteiger partial charge in [0, 0.05) is 44.1 Å². The summed E-state index contributed by atoms with van der Waals surface area (Å²) < 4.78 is 4.93. The number of esters is 1. The Balaban J connectivity index is 1.77. The van der Waals surface area contributed by atoms with E-state index in [1.807, 2.05) is 43.3 Å². The summed E-state index contributed by atoms with van der Waals surface area (Å²) in [5.41, 5.74) is 3.22. The van der Waals surface area contributed by atoms with Crippen LogP contribution in [-0.4, -0.2) is 39.1 Å². The van der Waals surface area contributed by atoms with Gasteiger partial charge in [0.1, 0.15) is 0 Å². The van der Waals surface area contributed by atoms with Crippen molar-refractivity contribution in [3.63, 3.8) is 0 Å². The van der Waals surface area contributed by atoms with Crippen LogP contribution in [0.15, 0.2) is 48.5 Å². The Labute approximate surface area is 154 Å². The first-order valence-corrected chi connectivity index (χ1v) is 8.58. The lowest BCUT2D eigenvalue weighted by atomic mass is 10.2. The fourth-order valence-electron chi connectivity index (χ4n) is 2.33. The van der Waals surface area contributed by atoms with Gasteiger partial charge in [0.2, 0.25) is 5.91 Å². The lowest BCUT2D eigenvalue weighted by Crippen LogP contribution is -2.16. The lowest BCUT2D eigenvalue weighted by Gasteiger charge is -2.13. The van der Waals surface area contributed by atoms with Gasteiger partial charge in [0.15, 0.2) is 0 Å². The summed E-state index contributed by atoms with van der Waals surface area (Å²) in [6.45, 7) is 2.63. The summed E-state index contributed by atoms with van der Waals surface area (Å²) in [6, 6.07) is 14.7. The highest BCUT2D eigenvalue weighted by molar-refractivity contribution is 5.93. The maximum atomic E-state index is 12.0. The number of nitrogens with one attached hydrogen (secondary N) is 2. The number of hydrogen-bond donors (Lipinski definition) is 2. The first kappa shape index (κ1) is 19.3. The first-order valence-electron chi connectivity index (χ1n) is 8.58. The van der Waals surface area contributed by atoms with Gasteiger partial charge in [-0.05, 0) is 55.5 Å². The van der Waals surface area contributed by atoms with E-state index in [0.29, 0.717) is 30.8 Å². The van der Waals surface area contributed by atoms with Crippen molar-refractivity contribution in [2.24, 2.45) is 0 Å². The number of carbonyl (C=O) groups is 2. The van der Waals surface area contributed by atoms with E-state index in [2.05, 4.69) is 10.6 Å². The minimum Gasteiger partial charge on any atom is -0.462 e. The van der Waals surface area contributed by atoms with Crippen LogP contribution >= 0.6 is 0 Å². The third kappa shape index (κ3) is 5.81. The van der Waals surface area contributed by atoms with E-state index < -0.39 is 0 Å². The monoisotopic (exact) mass is 355 g/mol. The molecular formula is C20H25N3O3. The highest BCUT2D eigenvalue weighted by atomic mass is 16.5. The van der Waals surface area contributed by atoms with Crippen LogP contribution in [0.1, 0.15) is 23.7 Å². The molecule has 0 radical (unpaired) electrons.